The van der Waals surface area contributed by atoms with E-state index in [1.807, 2.05) is 38.4 Å². The monoisotopic (exact) mass is 276 g/mol. The van der Waals surface area contributed by atoms with Crippen LogP contribution in [0.4, 0.5) is 11.6 Å². The van der Waals surface area contributed by atoms with Gasteiger partial charge >= 0.3 is 0 Å². The Hall–Kier alpha value is -1.81. The van der Waals surface area contributed by atoms with E-state index in [0.29, 0.717) is 0 Å². The minimum Gasteiger partial charge on any atom is -0.373 e. The molecule has 1 unspecified atom stereocenters. The molecule has 0 spiro atoms. The van der Waals surface area contributed by atoms with Crippen LogP contribution >= 0.6 is 11.6 Å². The van der Waals surface area contributed by atoms with Crippen LogP contribution in [-0.4, -0.2) is 24.1 Å². The van der Waals surface area contributed by atoms with Gasteiger partial charge in [-0.25, -0.2) is 9.97 Å². The first-order chi connectivity index (χ1) is 9.11. The summed E-state index contributed by atoms with van der Waals surface area (Å²) in [5.41, 5.74) is 1.15. The minimum absolute atomic E-state index is 0.179. The summed E-state index contributed by atoms with van der Waals surface area (Å²) in [6, 6.07) is 9.97. The predicted molar refractivity (Wildman–Crippen MR) is 79.8 cm³/mol. The fourth-order valence-electron chi connectivity index (χ4n) is 1.87. The second-order valence-corrected chi connectivity index (χ2v) is 4.79. The van der Waals surface area contributed by atoms with Gasteiger partial charge in [-0.15, -0.1) is 0 Å². The summed E-state index contributed by atoms with van der Waals surface area (Å²) >= 11 is 6.03. The van der Waals surface area contributed by atoms with Crippen LogP contribution in [0.15, 0.2) is 36.7 Å². The average Bonchev–Trinajstić information content (AvgIpc) is 2.45. The van der Waals surface area contributed by atoms with E-state index in [1.54, 1.807) is 6.33 Å². The fraction of sp³-hybridized carbons (Fsp3) is 0.286. The largest absolute Gasteiger partial charge is 0.373 e. The van der Waals surface area contributed by atoms with E-state index in [1.165, 1.54) is 0 Å². The highest BCUT2D eigenvalue weighted by Crippen LogP contribution is 2.26. The first-order valence-corrected chi connectivity index (χ1v) is 6.47. The SMILES string of the molecule is CNc1cc(N(C)C(C)c2cccc(Cl)c2)ncn1. The average molecular weight is 277 g/mol. The highest BCUT2D eigenvalue weighted by molar-refractivity contribution is 6.30. The molecule has 0 fully saturated rings. The second-order valence-electron chi connectivity index (χ2n) is 4.35. The van der Waals surface area contributed by atoms with Gasteiger partial charge in [-0.1, -0.05) is 23.7 Å². The molecule has 0 aliphatic carbocycles. The molecule has 19 heavy (non-hydrogen) atoms. The van der Waals surface area contributed by atoms with Gasteiger partial charge in [0.1, 0.15) is 18.0 Å². The van der Waals surface area contributed by atoms with Crippen molar-refractivity contribution in [2.24, 2.45) is 0 Å². The van der Waals surface area contributed by atoms with Gasteiger partial charge in [-0.2, -0.15) is 0 Å². The molecule has 1 aromatic carbocycles. The van der Waals surface area contributed by atoms with Crippen molar-refractivity contribution in [2.45, 2.75) is 13.0 Å². The van der Waals surface area contributed by atoms with Crippen LogP contribution in [-0.2, 0) is 0 Å². The molecule has 0 saturated carbocycles. The van der Waals surface area contributed by atoms with E-state index in [0.717, 1.165) is 22.2 Å². The number of benzene rings is 1. The van der Waals surface area contributed by atoms with E-state index < -0.39 is 0 Å². The maximum atomic E-state index is 6.03. The molecule has 5 heteroatoms. The Morgan fingerprint density at radius 3 is 2.74 bits per heavy atom. The molecule has 0 aliphatic heterocycles. The van der Waals surface area contributed by atoms with E-state index >= 15 is 0 Å². The zero-order valence-corrected chi connectivity index (χ0v) is 12.0. The lowest BCUT2D eigenvalue weighted by atomic mass is 10.1. The van der Waals surface area contributed by atoms with Crippen molar-refractivity contribution >= 4 is 23.2 Å². The Bertz CT molecular complexity index is 559. The van der Waals surface area contributed by atoms with Crippen molar-refractivity contribution in [3.63, 3.8) is 0 Å². The Kier molecular flexibility index (Phi) is 4.22. The molecular weight excluding hydrogens is 260 g/mol. The van der Waals surface area contributed by atoms with Crippen molar-refractivity contribution in [2.75, 3.05) is 24.3 Å². The third kappa shape index (κ3) is 3.15. The Morgan fingerprint density at radius 1 is 1.26 bits per heavy atom. The van der Waals surface area contributed by atoms with Crippen molar-refractivity contribution < 1.29 is 0 Å². The van der Waals surface area contributed by atoms with Crippen LogP contribution in [0.1, 0.15) is 18.5 Å². The molecule has 0 aliphatic rings. The van der Waals surface area contributed by atoms with Crippen LogP contribution in [0.5, 0.6) is 0 Å². The van der Waals surface area contributed by atoms with Crippen LogP contribution in [0.25, 0.3) is 0 Å². The highest BCUT2D eigenvalue weighted by atomic mass is 35.5. The molecule has 1 N–H and O–H groups in total. The van der Waals surface area contributed by atoms with Crippen molar-refractivity contribution in [1.82, 2.24) is 9.97 Å². The van der Waals surface area contributed by atoms with Gasteiger partial charge in [0.05, 0.1) is 6.04 Å². The molecule has 0 amide bonds. The first kappa shape index (κ1) is 13.6. The number of hydrogen-bond donors (Lipinski definition) is 1. The number of hydrogen-bond acceptors (Lipinski definition) is 4. The lowest BCUT2D eigenvalue weighted by Gasteiger charge is -2.26. The molecule has 100 valence electrons. The third-order valence-corrected chi connectivity index (χ3v) is 3.42. The Morgan fingerprint density at radius 2 is 2.05 bits per heavy atom. The van der Waals surface area contributed by atoms with Gasteiger partial charge in [-0.3, -0.25) is 0 Å². The second kappa shape index (κ2) is 5.89. The van der Waals surface area contributed by atoms with E-state index in [-0.39, 0.29) is 6.04 Å². The Labute approximate surface area is 118 Å². The van der Waals surface area contributed by atoms with Crippen molar-refractivity contribution in [3.05, 3.63) is 47.2 Å². The van der Waals surface area contributed by atoms with E-state index in [4.69, 9.17) is 11.6 Å². The predicted octanol–water partition coefficient (Wildman–Crippen LogP) is 3.37. The molecule has 1 aromatic heterocycles. The quantitative estimate of drug-likeness (QED) is 0.930. The van der Waals surface area contributed by atoms with Gasteiger partial charge < -0.3 is 10.2 Å². The molecule has 4 nitrogen and oxygen atoms in total. The number of aromatic nitrogens is 2. The molecule has 2 rings (SSSR count). The number of rotatable bonds is 4. The van der Waals surface area contributed by atoms with Gasteiger partial charge in [0.25, 0.3) is 0 Å². The summed E-state index contributed by atoms with van der Waals surface area (Å²) in [5, 5.41) is 3.76. The minimum atomic E-state index is 0.179. The van der Waals surface area contributed by atoms with Crippen LogP contribution < -0.4 is 10.2 Å². The maximum absolute atomic E-state index is 6.03. The molecule has 0 radical (unpaired) electrons. The maximum Gasteiger partial charge on any atom is 0.134 e. The van der Waals surface area contributed by atoms with Crippen molar-refractivity contribution in [1.29, 1.82) is 0 Å². The highest BCUT2D eigenvalue weighted by Gasteiger charge is 2.14. The number of halogens is 1. The number of anilines is 2. The molecule has 0 saturated heterocycles. The summed E-state index contributed by atoms with van der Waals surface area (Å²) in [5.74, 6) is 1.67. The van der Waals surface area contributed by atoms with Crippen LogP contribution in [0.2, 0.25) is 5.02 Å². The van der Waals surface area contributed by atoms with Gasteiger partial charge in [0.15, 0.2) is 0 Å². The van der Waals surface area contributed by atoms with Crippen LogP contribution in [0.3, 0.4) is 0 Å². The lowest BCUT2D eigenvalue weighted by molar-refractivity contribution is 0.727. The molecule has 1 heterocycles. The van der Waals surface area contributed by atoms with Gasteiger partial charge in [0.2, 0.25) is 0 Å². The zero-order valence-electron chi connectivity index (χ0n) is 11.3. The standard InChI is InChI=1S/C14H17ClN4/c1-10(11-5-4-6-12(15)7-11)19(3)14-8-13(16-2)17-9-18-14/h4-10H,1-3H3,(H,16,17,18). The molecule has 1 atom stereocenters. The Balaban J connectivity index is 2.25. The molecule has 0 bridgehead atoms. The molecular formula is C14H17ClN4. The van der Waals surface area contributed by atoms with Crippen LogP contribution in [0, 0.1) is 0 Å². The first-order valence-electron chi connectivity index (χ1n) is 6.10. The third-order valence-electron chi connectivity index (χ3n) is 3.18. The molecule has 2 aromatic rings. The summed E-state index contributed by atoms with van der Waals surface area (Å²) in [6.07, 6.45) is 1.56. The van der Waals surface area contributed by atoms with Crippen molar-refractivity contribution in [3.8, 4) is 0 Å². The summed E-state index contributed by atoms with van der Waals surface area (Å²) in [7, 11) is 3.85. The van der Waals surface area contributed by atoms with Gasteiger partial charge in [0, 0.05) is 25.2 Å². The summed E-state index contributed by atoms with van der Waals surface area (Å²) in [6.45, 7) is 2.12. The lowest BCUT2D eigenvalue weighted by Crippen LogP contribution is -2.22. The number of nitrogens with one attached hydrogen (secondary N) is 1. The topological polar surface area (TPSA) is 41.0 Å². The van der Waals surface area contributed by atoms with Gasteiger partial charge in [-0.05, 0) is 24.6 Å². The fourth-order valence-corrected chi connectivity index (χ4v) is 2.06. The van der Waals surface area contributed by atoms with E-state index in [9.17, 15) is 0 Å². The smallest absolute Gasteiger partial charge is 0.134 e. The zero-order chi connectivity index (χ0) is 13.8. The summed E-state index contributed by atoms with van der Waals surface area (Å²) in [4.78, 5) is 10.5. The summed E-state index contributed by atoms with van der Waals surface area (Å²) < 4.78 is 0. The number of nitrogens with zero attached hydrogens (tertiary/aromatic N) is 3. The van der Waals surface area contributed by atoms with E-state index in [2.05, 4.69) is 33.2 Å². The normalized spacial score (nSPS) is 12.0.